The predicted molar refractivity (Wildman–Crippen MR) is 121 cm³/mol. The van der Waals surface area contributed by atoms with Crippen LogP contribution in [-0.4, -0.2) is 63.1 Å². The van der Waals surface area contributed by atoms with E-state index in [1.807, 2.05) is 19.1 Å². The number of aromatic nitrogens is 3. The number of anilines is 3. The summed E-state index contributed by atoms with van der Waals surface area (Å²) in [5, 5.41) is 18.1. The largest absolute Gasteiger partial charge is 0.390 e. The maximum Gasteiger partial charge on any atom is 0.246 e. The SMILES string of the molecule is Cc1cc(Nc2ncn(-c3cc(F)cc(F)c3)n2)cc(N2CC(O)C(N3CCCC3)C2)c1.[HH]. The van der Waals surface area contributed by atoms with Crippen LogP contribution in [-0.2, 0) is 0 Å². The standard InChI is InChI=1S/C23H26F2N6O.H2/c1-15-6-18(27-23-26-14-31(28-23)20-9-16(24)8-17(25)10-20)11-19(7-15)30-12-21(22(32)13-30)29-4-2-3-5-29;/h6-11,14,21-22,32H,2-5,12-13H2,1H3,(H,27,28);1H. The zero-order valence-electron chi connectivity index (χ0n) is 17.9. The van der Waals surface area contributed by atoms with Crippen LogP contribution in [0.3, 0.4) is 0 Å². The number of rotatable bonds is 5. The van der Waals surface area contributed by atoms with Crippen molar-refractivity contribution in [2.24, 2.45) is 0 Å². The van der Waals surface area contributed by atoms with Gasteiger partial charge in [0.15, 0.2) is 0 Å². The first-order valence-corrected chi connectivity index (χ1v) is 10.9. The fraction of sp³-hybridized carbons (Fsp3) is 0.391. The van der Waals surface area contributed by atoms with Gasteiger partial charge in [-0.25, -0.2) is 13.5 Å². The maximum atomic E-state index is 13.5. The van der Waals surface area contributed by atoms with Crippen LogP contribution in [0.2, 0.25) is 0 Å². The van der Waals surface area contributed by atoms with Gasteiger partial charge in [-0.1, -0.05) is 0 Å². The van der Waals surface area contributed by atoms with E-state index in [0.717, 1.165) is 42.6 Å². The summed E-state index contributed by atoms with van der Waals surface area (Å²) in [5.41, 5.74) is 3.16. The summed E-state index contributed by atoms with van der Waals surface area (Å²) < 4.78 is 28.4. The van der Waals surface area contributed by atoms with Gasteiger partial charge in [0.2, 0.25) is 5.95 Å². The van der Waals surface area contributed by atoms with Crippen LogP contribution >= 0.6 is 0 Å². The van der Waals surface area contributed by atoms with E-state index in [4.69, 9.17) is 0 Å². The number of hydrogen-bond acceptors (Lipinski definition) is 6. The number of aliphatic hydroxyl groups is 1. The van der Waals surface area contributed by atoms with Crippen LogP contribution in [0.1, 0.15) is 19.8 Å². The lowest BCUT2D eigenvalue weighted by Gasteiger charge is -2.25. The van der Waals surface area contributed by atoms with E-state index in [1.165, 1.54) is 36.0 Å². The first-order valence-electron chi connectivity index (χ1n) is 10.9. The molecule has 3 heterocycles. The van der Waals surface area contributed by atoms with Crippen LogP contribution in [0.5, 0.6) is 0 Å². The van der Waals surface area contributed by atoms with E-state index < -0.39 is 11.6 Å². The Morgan fingerprint density at radius 2 is 1.75 bits per heavy atom. The summed E-state index contributed by atoms with van der Waals surface area (Å²) >= 11 is 0. The number of nitrogens with one attached hydrogen (secondary N) is 1. The third-order valence-electron chi connectivity index (χ3n) is 6.16. The highest BCUT2D eigenvalue weighted by molar-refractivity contribution is 5.64. The predicted octanol–water partition coefficient (Wildman–Crippen LogP) is 3.49. The number of benzene rings is 2. The molecule has 0 bridgehead atoms. The third-order valence-corrected chi connectivity index (χ3v) is 6.16. The summed E-state index contributed by atoms with van der Waals surface area (Å²) in [6.07, 6.45) is 3.44. The molecule has 2 aliphatic heterocycles. The van der Waals surface area contributed by atoms with Crippen molar-refractivity contribution >= 4 is 17.3 Å². The molecule has 1 aromatic heterocycles. The molecule has 0 amide bonds. The molecule has 0 spiro atoms. The van der Waals surface area contributed by atoms with Gasteiger partial charge in [0.1, 0.15) is 18.0 Å². The lowest BCUT2D eigenvalue weighted by molar-refractivity contribution is 0.0986. The van der Waals surface area contributed by atoms with E-state index in [-0.39, 0.29) is 19.3 Å². The number of aryl methyl sites for hydroxylation is 1. The molecular weight excluding hydrogens is 414 g/mol. The van der Waals surface area contributed by atoms with Crippen LogP contribution in [0.4, 0.5) is 26.1 Å². The van der Waals surface area contributed by atoms with Crippen LogP contribution in [0.15, 0.2) is 42.7 Å². The van der Waals surface area contributed by atoms with Crippen molar-refractivity contribution in [3.8, 4) is 5.69 Å². The average molecular weight is 443 g/mol. The highest BCUT2D eigenvalue weighted by Crippen LogP contribution is 2.29. The zero-order valence-corrected chi connectivity index (χ0v) is 17.9. The second kappa shape index (κ2) is 8.48. The van der Waals surface area contributed by atoms with Crippen molar-refractivity contribution in [2.45, 2.75) is 31.9 Å². The molecule has 2 aliphatic rings. The van der Waals surface area contributed by atoms with Gasteiger partial charge < -0.3 is 15.3 Å². The Bertz CT molecular complexity index is 1100. The number of nitrogens with zero attached hydrogens (tertiary/aromatic N) is 5. The minimum Gasteiger partial charge on any atom is -0.390 e. The first-order chi connectivity index (χ1) is 15.4. The van der Waals surface area contributed by atoms with Crippen LogP contribution in [0, 0.1) is 18.6 Å². The minimum absolute atomic E-state index is 0. The van der Waals surface area contributed by atoms with Crippen molar-refractivity contribution in [2.75, 3.05) is 36.4 Å². The Morgan fingerprint density at radius 3 is 2.50 bits per heavy atom. The molecule has 2 fully saturated rings. The molecule has 2 atom stereocenters. The second-order valence-electron chi connectivity index (χ2n) is 8.61. The van der Waals surface area contributed by atoms with Gasteiger partial charge in [0.05, 0.1) is 17.8 Å². The van der Waals surface area contributed by atoms with E-state index in [1.54, 1.807) is 0 Å². The molecule has 170 valence electrons. The molecule has 0 aliphatic carbocycles. The molecule has 3 aromatic rings. The van der Waals surface area contributed by atoms with Gasteiger partial charge in [-0.05, 0) is 68.8 Å². The van der Waals surface area contributed by atoms with Gasteiger partial charge >= 0.3 is 0 Å². The minimum atomic E-state index is -0.673. The Labute approximate surface area is 186 Å². The fourth-order valence-electron chi connectivity index (χ4n) is 4.68. The van der Waals surface area contributed by atoms with E-state index in [2.05, 4.69) is 31.3 Å². The Kier molecular flexibility index (Phi) is 5.52. The van der Waals surface area contributed by atoms with Gasteiger partial charge in [0.25, 0.3) is 0 Å². The molecule has 2 unspecified atom stereocenters. The number of likely N-dealkylation sites (tertiary alicyclic amines) is 1. The second-order valence-corrected chi connectivity index (χ2v) is 8.61. The number of β-amino-alcohol motifs (C(OH)–C–C–N with tert-alkyl or cyclic N) is 1. The monoisotopic (exact) mass is 442 g/mol. The van der Waals surface area contributed by atoms with Gasteiger partial charge in [-0.2, -0.15) is 4.98 Å². The van der Waals surface area contributed by atoms with Crippen LogP contribution in [0.25, 0.3) is 5.69 Å². The van der Waals surface area contributed by atoms with Crippen molar-refractivity contribution in [1.82, 2.24) is 19.7 Å². The van der Waals surface area contributed by atoms with Gasteiger partial charge in [-0.3, -0.25) is 4.90 Å². The summed E-state index contributed by atoms with van der Waals surface area (Å²) in [6.45, 7) is 5.52. The lowest BCUT2D eigenvalue weighted by atomic mass is 10.2. The zero-order chi connectivity index (χ0) is 22.2. The third kappa shape index (κ3) is 4.31. The molecule has 5 rings (SSSR count). The smallest absolute Gasteiger partial charge is 0.246 e. The Hall–Kier alpha value is -3.04. The normalized spacial score (nSPS) is 21.4. The molecule has 7 nitrogen and oxygen atoms in total. The molecule has 32 heavy (non-hydrogen) atoms. The summed E-state index contributed by atoms with van der Waals surface area (Å²) in [4.78, 5) is 8.83. The molecule has 9 heteroatoms. The van der Waals surface area contributed by atoms with E-state index in [0.29, 0.717) is 12.5 Å². The quantitative estimate of drug-likeness (QED) is 0.631. The molecule has 0 radical (unpaired) electrons. The summed E-state index contributed by atoms with van der Waals surface area (Å²) in [5.74, 6) is -1.02. The molecule has 2 N–H and O–H groups in total. The Morgan fingerprint density at radius 1 is 1.00 bits per heavy atom. The average Bonchev–Trinajstić information content (AvgIpc) is 3.47. The molecular formula is C23H28F2N6O. The molecule has 2 aromatic carbocycles. The fourth-order valence-corrected chi connectivity index (χ4v) is 4.68. The van der Waals surface area contributed by atoms with Gasteiger partial charge in [-0.15, -0.1) is 5.10 Å². The number of aliphatic hydroxyl groups excluding tert-OH is 1. The van der Waals surface area contributed by atoms with Crippen LogP contribution < -0.4 is 10.2 Å². The summed E-state index contributed by atoms with van der Waals surface area (Å²) in [7, 11) is 0. The lowest BCUT2D eigenvalue weighted by Crippen LogP contribution is -2.41. The Balaban J connectivity index is 0.00000259. The van der Waals surface area contributed by atoms with Crippen molar-refractivity contribution in [3.05, 3.63) is 59.9 Å². The summed E-state index contributed by atoms with van der Waals surface area (Å²) in [6, 6.07) is 9.47. The van der Waals surface area contributed by atoms with Crippen molar-refractivity contribution < 1.29 is 15.3 Å². The highest BCUT2D eigenvalue weighted by atomic mass is 19.1. The topological polar surface area (TPSA) is 69.5 Å². The highest BCUT2D eigenvalue weighted by Gasteiger charge is 2.36. The van der Waals surface area contributed by atoms with Crippen molar-refractivity contribution in [3.63, 3.8) is 0 Å². The van der Waals surface area contributed by atoms with Crippen molar-refractivity contribution in [1.29, 1.82) is 0 Å². The number of halogens is 2. The van der Waals surface area contributed by atoms with E-state index in [9.17, 15) is 13.9 Å². The van der Waals surface area contributed by atoms with Gasteiger partial charge in [0, 0.05) is 32.0 Å². The van der Waals surface area contributed by atoms with E-state index >= 15 is 0 Å². The molecule has 2 saturated heterocycles. The number of hydrogen-bond donors (Lipinski definition) is 2. The maximum absolute atomic E-state index is 13.5. The molecule has 0 saturated carbocycles. The first kappa shape index (κ1) is 20.8.